The molecule has 1 unspecified atom stereocenters. The molecule has 0 N–H and O–H groups in total. The van der Waals surface area contributed by atoms with E-state index in [0.717, 1.165) is 31.0 Å². The van der Waals surface area contributed by atoms with Crippen LogP contribution in [-0.2, 0) is 17.9 Å². The molecule has 2 aliphatic rings. The second kappa shape index (κ2) is 7.09. The van der Waals surface area contributed by atoms with E-state index in [-0.39, 0.29) is 0 Å². The van der Waals surface area contributed by atoms with Crippen LogP contribution in [0.5, 0.6) is 0 Å². The van der Waals surface area contributed by atoms with Crippen LogP contribution in [0.25, 0.3) is 0 Å². The van der Waals surface area contributed by atoms with E-state index in [9.17, 15) is 0 Å². The first-order chi connectivity index (χ1) is 12.1. The molecule has 5 nitrogen and oxygen atoms in total. The van der Waals surface area contributed by atoms with Gasteiger partial charge in [0.25, 0.3) is 0 Å². The lowest BCUT2D eigenvalue weighted by Crippen LogP contribution is -2.58. The highest BCUT2D eigenvalue weighted by atomic mass is 32.2. The third-order valence-corrected chi connectivity index (χ3v) is 6.57. The summed E-state index contributed by atoms with van der Waals surface area (Å²) in [7, 11) is 0. The first kappa shape index (κ1) is 17.1. The fraction of sp³-hybridized carbons (Fsp3) is 0.579. The average Bonchev–Trinajstić information content (AvgIpc) is 3.21. The largest absolute Gasteiger partial charge is 0.373 e. The normalized spacial score (nSPS) is 22.6. The molecule has 0 saturated carbocycles. The molecule has 0 bridgehead atoms. The summed E-state index contributed by atoms with van der Waals surface area (Å²) in [6.07, 6.45) is 9.41. The number of hydrogen-bond donors (Lipinski definition) is 0. The summed E-state index contributed by atoms with van der Waals surface area (Å²) in [5.41, 5.74) is 2.47. The lowest BCUT2D eigenvalue weighted by atomic mass is 9.92. The van der Waals surface area contributed by atoms with Crippen LogP contribution in [0, 0.1) is 0 Å². The Kier molecular flexibility index (Phi) is 4.84. The zero-order valence-corrected chi connectivity index (χ0v) is 15.8. The molecule has 2 fully saturated rings. The molecular formula is C19H26N4OS. The molecule has 4 heterocycles. The van der Waals surface area contributed by atoms with Crippen LogP contribution in [0.4, 0.5) is 0 Å². The van der Waals surface area contributed by atoms with Crippen molar-refractivity contribution in [2.45, 2.75) is 50.3 Å². The smallest absolute Gasteiger partial charge is 0.0736 e. The van der Waals surface area contributed by atoms with Crippen molar-refractivity contribution < 1.29 is 4.74 Å². The van der Waals surface area contributed by atoms with Gasteiger partial charge in [-0.2, -0.15) is 5.10 Å². The van der Waals surface area contributed by atoms with Crippen LogP contribution in [0.3, 0.4) is 0 Å². The van der Waals surface area contributed by atoms with Gasteiger partial charge < -0.3 is 4.74 Å². The van der Waals surface area contributed by atoms with E-state index >= 15 is 0 Å². The summed E-state index contributed by atoms with van der Waals surface area (Å²) >= 11 is 2.10. The van der Waals surface area contributed by atoms with Gasteiger partial charge >= 0.3 is 0 Å². The van der Waals surface area contributed by atoms with Crippen molar-refractivity contribution in [3.8, 4) is 0 Å². The van der Waals surface area contributed by atoms with Gasteiger partial charge in [-0.05, 0) is 31.9 Å². The number of nitrogens with zero attached hydrogens (tertiary/aromatic N) is 4. The topological polar surface area (TPSA) is 43.2 Å². The first-order valence-electron chi connectivity index (χ1n) is 9.02. The molecule has 1 spiro atoms. The molecule has 0 radical (unpaired) electrons. The van der Waals surface area contributed by atoms with Gasteiger partial charge in [-0.25, -0.2) is 0 Å². The Morgan fingerprint density at radius 2 is 2.20 bits per heavy atom. The summed E-state index contributed by atoms with van der Waals surface area (Å²) in [5, 5.41) is 4.44. The second-order valence-corrected chi connectivity index (χ2v) is 9.05. The molecule has 1 atom stereocenters. The Morgan fingerprint density at radius 1 is 1.32 bits per heavy atom. The van der Waals surface area contributed by atoms with Gasteiger partial charge in [0, 0.05) is 60.3 Å². The van der Waals surface area contributed by atoms with Crippen LogP contribution in [0.1, 0.15) is 37.4 Å². The highest BCUT2D eigenvalue weighted by Gasteiger charge is 2.49. The molecule has 134 valence electrons. The van der Waals surface area contributed by atoms with Crippen LogP contribution in [0.15, 0.2) is 36.9 Å². The van der Waals surface area contributed by atoms with Crippen molar-refractivity contribution >= 4 is 11.8 Å². The number of likely N-dealkylation sites (tertiary alicyclic amines) is 1. The van der Waals surface area contributed by atoms with Crippen molar-refractivity contribution in [2.75, 3.05) is 18.8 Å². The highest BCUT2D eigenvalue weighted by molar-refractivity contribution is 8.01. The van der Waals surface area contributed by atoms with E-state index in [0.29, 0.717) is 23.5 Å². The van der Waals surface area contributed by atoms with Gasteiger partial charge in [0.15, 0.2) is 0 Å². The predicted molar refractivity (Wildman–Crippen MR) is 101 cm³/mol. The van der Waals surface area contributed by atoms with Crippen LogP contribution in [-0.4, -0.2) is 49.4 Å². The molecule has 0 amide bonds. The first-order valence-corrected chi connectivity index (χ1v) is 10.0. The number of hydrogen-bond acceptors (Lipinski definition) is 5. The SMILES string of the molecule is CC(C)n1cc(CN2CC3(CC(OCc4cccnc4)CS3)C2)cn1. The van der Waals surface area contributed by atoms with E-state index in [4.69, 9.17) is 4.74 Å². The predicted octanol–water partition coefficient (Wildman–Crippen LogP) is 3.14. The standard InChI is InChI=1S/C19H26N4OS/c1-15(2)23-10-17(8-21-23)9-22-13-19(14-22)6-18(12-25-19)24-11-16-4-3-5-20-7-16/h3-5,7-8,10,15,18H,6,9,11-14H2,1-2H3. The van der Waals surface area contributed by atoms with Crippen LogP contribution in [0.2, 0.25) is 0 Å². The van der Waals surface area contributed by atoms with Crippen molar-refractivity contribution in [1.82, 2.24) is 19.7 Å². The van der Waals surface area contributed by atoms with E-state index in [1.807, 2.05) is 23.1 Å². The summed E-state index contributed by atoms with van der Waals surface area (Å²) in [6, 6.07) is 4.47. The summed E-state index contributed by atoms with van der Waals surface area (Å²) < 4.78 is 8.56. The molecule has 0 aliphatic carbocycles. The van der Waals surface area contributed by atoms with Crippen LogP contribution >= 0.6 is 11.8 Å². The quantitative estimate of drug-likeness (QED) is 0.794. The van der Waals surface area contributed by atoms with Gasteiger partial charge in [-0.3, -0.25) is 14.6 Å². The fourth-order valence-electron chi connectivity index (χ4n) is 3.71. The number of ether oxygens (including phenoxy) is 1. The Morgan fingerprint density at radius 3 is 2.92 bits per heavy atom. The lowest BCUT2D eigenvalue weighted by molar-refractivity contribution is 0.0263. The Labute approximate surface area is 153 Å². The van der Waals surface area contributed by atoms with Gasteiger partial charge in [-0.15, -0.1) is 11.8 Å². The Bertz CT molecular complexity index is 696. The van der Waals surface area contributed by atoms with E-state index < -0.39 is 0 Å². The summed E-state index contributed by atoms with van der Waals surface area (Å²) in [4.78, 5) is 6.68. The zero-order valence-electron chi connectivity index (χ0n) is 15.0. The maximum atomic E-state index is 6.11. The molecule has 6 heteroatoms. The van der Waals surface area contributed by atoms with Crippen molar-refractivity contribution in [1.29, 1.82) is 0 Å². The van der Waals surface area contributed by atoms with E-state index in [1.54, 1.807) is 6.20 Å². The minimum absolute atomic E-state index is 0.371. The third kappa shape index (κ3) is 3.91. The molecule has 2 aromatic rings. The molecular weight excluding hydrogens is 332 g/mol. The van der Waals surface area contributed by atoms with E-state index in [2.05, 4.69) is 52.9 Å². The summed E-state index contributed by atoms with van der Waals surface area (Å²) in [5.74, 6) is 1.11. The third-order valence-electron chi connectivity index (χ3n) is 5.00. The van der Waals surface area contributed by atoms with Gasteiger partial charge in [-0.1, -0.05) is 6.07 Å². The monoisotopic (exact) mass is 358 g/mol. The maximum absolute atomic E-state index is 6.11. The molecule has 25 heavy (non-hydrogen) atoms. The number of rotatable bonds is 6. The number of aromatic nitrogens is 3. The lowest BCUT2D eigenvalue weighted by Gasteiger charge is -2.47. The minimum atomic E-state index is 0.371. The summed E-state index contributed by atoms with van der Waals surface area (Å²) in [6.45, 7) is 8.34. The Hall–Kier alpha value is -1.37. The number of pyridine rings is 1. The van der Waals surface area contributed by atoms with E-state index in [1.165, 1.54) is 12.0 Å². The zero-order chi connectivity index (χ0) is 17.3. The minimum Gasteiger partial charge on any atom is -0.373 e. The number of thioether (sulfide) groups is 1. The van der Waals surface area contributed by atoms with Crippen molar-refractivity contribution in [2.24, 2.45) is 0 Å². The van der Waals surface area contributed by atoms with Crippen molar-refractivity contribution in [3.63, 3.8) is 0 Å². The molecule has 0 aromatic carbocycles. The van der Waals surface area contributed by atoms with Gasteiger partial charge in [0.05, 0.1) is 18.9 Å². The van der Waals surface area contributed by atoms with Crippen LogP contribution < -0.4 is 0 Å². The fourth-order valence-corrected chi connectivity index (χ4v) is 5.31. The molecule has 2 aliphatic heterocycles. The second-order valence-electron chi connectivity index (χ2n) is 7.56. The van der Waals surface area contributed by atoms with Gasteiger partial charge in [0.2, 0.25) is 0 Å². The molecule has 2 aromatic heterocycles. The molecule has 2 saturated heterocycles. The highest BCUT2D eigenvalue weighted by Crippen LogP contribution is 2.46. The Balaban J connectivity index is 1.23. The molecule has 4 rings (SSSR count). The average molecular weight is 359 g/mol. The van der Waals surface area contributed by atoms with Crippen molar-refractivity contribution in [3.05, 3.63) is 48.0 Å². The van der Waals surface area contributed by atoms with Gasteiger partial charge in [0.1, 0.15) is 0 Å². The maximum Gasteiger partial charge on any atom is 0.0736 e.